The molecule has 1 heterocycles. The second-order valence-corrected chi connectivity index (χ2v) is 11.3. The standard InChI is InChI=1S/C26H27N5O5S2/c1-4-36-23(32)17-31-24-19(3)15-18(2)16-22(24)37-26(31)29-25(33)20-7-9-21(10-8-20)38(34,35)30(13-5-11-27)14-6-12-28/h7-10,15-16H,4-6,13-14,17H2,1-3H3. The Bertz CT molecular complexity index is 1590. The molecule has 0 spiro atoms. The Kier molecular flexibility index (Phi) is 9.53. The number of hydrogen-bond acceptors (Lipinski definition) is 8. The number of ether oxygens (including phenoxy) is 1. The van der Waals surface area contributed by atoms with Gasteiger partial charge in [0.05, 0.1) is 33.9 Å². The van der Waals surface area contributed by atoms with E-state index in [1.54, 1.807) is 11.5 Å². The molecule has 0 aliphatic carbocycles. The van der Waals surface area contributed by atoms with Crippen molar-refractivity contribution in [3.05, 3.63) is 57.9 Å². The molecule has 0 saturated heterocycles. The first kappa shape index (κ1) is 28.7. The van der Waals surface area contributed by atoms with Crippen molar-refractivity contribution in [2.75, 3.05) is 19.7 Å². The van der Waals surface area contributed by atoms with Gasteiger partial charge < -0.3 is 9.30 Å². The summed E-state index contributed by atoms with van der Waals surface area (Å²) < 4.78 is 34.8. The van der Waals surface area contributed by atoms with Crippen molar-refractivity contribution < 1.29 is 22.7 Å². The van der Waals surface area contributed by atoms with Gasteiger partial charge in [0, 0.05) is 31.5 Å². The Labute approximate surface area is 225 Å². The van der Waals surface area contributed by atoms with E-state index in [4.69, 9.17) is 15.3 Å². The fourth-order valence-electron chi connectivity index (χ4n) is 3.93. The van der Waals surface area contributed by atoms with Gasteiger partial charge >= 0.3 is 5.97 Å². The Hall–Kier alpha value is -3.84. The molecule has 3 aromatic rings. The van der Waals surface area contributed by atoms with Crippen molar-refractivity contribution in [2.45, 2.75) is 45.1 Å². The molecule has 1 amide bonds. The zero-order valence-electron chi connectivity index (χ0n) is 21.3. The van der Waals surface area contributed by atoms with Gasteiger partial charge in [-0.25, -0.2) is 8.42 Å². The molecule has 3 rings (SSSR count). The van der Waals surface area contributed by atoms with Crippen LogP contribution in [0.1, 0.15) is 41.3 Å². The zero-order valence-corrected chi connectivity index (χ0v) is 22.9. The summed E-state index contributed by atoms with van der Waals surface area (Å²) in [4.78, 5) is 29.9. The van der Waals surface area contributed by atoms with E-state index in [9.17, 15) is 18.0 Å². The van der Waals surface area contributed by atoms with E-state index in [-0.39, 0.29) is 49.5 Å². The van der Waals surface area contributed by atoms with Crippen LogP contribution in [0.3, 0.4) is 0 Å². The van der Waals surface area contributed by atoms with Crippen molar-refractivity contribution >= 4 is 43.5 Å². The van der Waals surface area contributed by atoms with Gasteiger partial charge in [0.1, 0.15) is 6.54 Å². The van der Waals surface area contributed by atoms with E-state index in [0.717, 1.165) is 25.6 Å². The van der Waals surface area contributed by atoms with Gasteiger partial charge in [0.2, 0.25) is 10.0 Å². The lowest BCUT2D eigenvalue weighted by Gasteiger charge is -2.20. The van der Waals surface area contributed by atoms with Crippen molar-refractivity contribution in [3.63, 3.8) is 0 Å². The number of nitrogens with zero attached hydrogens (tertiary/aromatic N) is 5. The summed E-state index contributed by atoms with van der Waals surface area (Å²) in [5.41, 5.74) is 2.92. The quantitative estimate of drug-likeness (QED) is 0.350. The van der Waals surface area contributed by atoms with Crippen LogP contribution in [0.4, 0.5) is 0 Å². The first-order valence-corrected chi connectivity index (χ1v) is 14.1. The third-order valence-corrected chi connectivity index (χ3v) is 8.52. The normalized spacial score (nSPS) is 11.9. The molecule has 1 aromatic heterocycles. The van der Waals surface area contributed by atoms with Gasteiger partial charge in [-0.05, 0) is 62.2 Å². The minimum Gasteiger partial charge on any atom is -0.465 e. The smallest absolute Gasteiger partial charge is 0.326 e. The number of carbonyl (C=O) groups excluding carboxylic acids is 2. The Morgan fingerprint density at radius 1 is 1.08 bits per heavy atom. The molecule has 12 heteroatoms. The second kappa shape index (κ2) is 12.6. The number of aromatic nitrogens is 1. The van der Waals surface area contributed by atoms with Gasteiger partial charge in [-0.1, -0.05) is 17.4 Å². The maximum Gasteiger partial charge on any atom is 0.326 e. The van der Waals surface area contributed by atoms with Gasteiger partial charge in [-0.2, -0.15) is 19.8 Å². The number of hydrogen-bond donors (Lipinski definition) is 0. The highest BCUT2D eigenvalue weighted by molar-refractivity contribution is 7.89. The van der Waals surface area contributed by atoms with Crippen LogP contribution in [0.2, 0.25) is 0 Å². The Morgan fingerprint density at radius 3 is 2.29 bits per heavy atom. The summed E-state index contributed by atoms with van der Waals surface area (Å²) in [5, 5.41) is 17.7. The maximum absolute atomic E-state index is 13.1. The summed E-state index contributed by atoms with van der Waals surface area (Å²) in [6.07, 6.45) is -0.0276. The van der Waals surface area contributed by atoms with Crippen LogP contribution < -0.4 is 4.80 Å². The Balaban J connectivity index is 1.99. The lowest BCUT2D eigenvalue weighted by molar-refractivity contribution is -0.143. The molecule has 0 N–H and O–H groups in total. The van der Waals surface area contributed by atoms with E-state index in [0.29, 0.717) is 4.80 Å². The number of thiazole rings is 1. The van der Waals surface area contributed by atoms with Gasteiger partial charge in [-0.15, -0.1) is 0 Å². The van der Waals surface area contributed by atoms with Crippen LogP contribution >= 0.6 is 11.3 Å². The fraction of sp³-hybridized carbons (Fsp3) is 0.346. The minimum atomic E-state index is -3.96. The molecule has 10 nitrogen and oxygen atoms in total. The topological polar surface area (TPSA) is 146 Å². The first-order valence-electron chi connectivity index (χ1n) is 11.8. The summed E-state index contributed by atoms with van der Waals surface area (Å²) >= 11 is 1.27. The molecule has 2 aromatic carbocycles. The lowest BCUT2D eigenvalue weighted by Crippen LogP contribution is -2.32. The number of nitriles is 2. The van der Waals surface area contributed by atoms with Crippen LogP contribution in [0.15, 0.2) is 46.3 Å². The molecule has 38 heavy (non-hydrogen) atoms. The fourth-order valence-corrected chi connectivity index (χ4v) is 6.58. The molecule has 0 unspecified atom stereocenters. The third-order valence-electron chi connectivity index (χ3n) is 5.59. The second-order valence-electron chi connectivity index (χ2n) is 8.37. The van der Waals surface area contributed by atoms with Crippen LogP contribution in [0, 0.1) is 36.5 Å². The zero-order chi connectivity index (χ0) is 27.9. The minimum absolute atomic E-state index is 0.0138. The molecule has 0 aliphatic rings. The van der Waals surface area contributed by atoms with Crippen LogP contribution in [-0.4, -0.2) is 48.9 Å². The molecule has 0 radical (unpaired) electrons. The van der Waals surface area contributed by atoms with Crippen LogP contribution in [-0.2, 0) is 26.1 Å². The van der Waals surface area contributed by atoms with E-state index < -0.39 is 21.9 Å². The third kappa shape index (κ3) is 6.53. The summed E-state index contributed by atoms with van der Waals surface area (Å²) in [7, 11) is -3.96. The van der Waals surface area contributed by atoms with E-state index >= 15 is 0 Å². The first-order chi connectivity index (χ1) is 18.1. The summed E-state index contributed by atoms with van der Waals surface area (Å²) in [6, 6.07) is 13.1. The molecule has 0 atom stereocenters. The van der Waals surface area contributed by atoms with Crippen molar-refractivity contribution in [1.82, 2.24) is 8.87 Å². The number of amides is 1. The molecule has 0 bridgehead atoms. The summed E-state index contributed by atoms with van der Waals surface area (Å²) in [5.74, 6) is -1.05. The van der Waals surface area contributed by atoms with Gasteiger partial charge in [0.25, 0.3) is 5.91 Å². The predicted molar refractivity (Wildman–Crippen MR) is 141 cm³/mol. The van der Waals surface area contributed by atoms with E-state index in [1.165, 1.54) is 35.6 Å². The van der Waals surface area contributed by atoms with E-state index in [1.807, 2.05) is 38.1 Å². The number of sulfonamides is 1. The lowest BCUT2D eigenvalue weighted by atomic mass is 10.1. The molecule has 0 aliphatic heterocycles. The highest BCUT2D eigenvalue weighted by Gasteiger charge is 2.24. The van der Waals surface area contributed by atoms with Crippen LogP contribution in [0.5, 0.6) is 0 Å². The van der Waals surface area contributed by atoms with Crippen LogP contribution in [0.25, 0.3) is 10.2 Å². The summed E-state index contributed by atoms with van der Waals surface area (Å²) in [6.45, 7) is 5.64. The number of rotatable bonds is 10. The number of benzene rings is 2. The molecule has 198 valence electrons. The largest absolute Gasteiger partial charge is 0.465 e. The monoisotopic (exact) mass is 553 g/mol. The SMILES string of the molecule is CCOC(=O)Cn1c(=NC(=O)c2ccc(S(=O)(=O)N(CCC#N)CCC#N)cc2)sc2cc(C)cc(C)c21. The Morgan fingerprint density at radius 2 is 1.71 bits per heavy atom. The number of carbonyl (C=O) groups is 2. The average Bonchev–Trinajstić information content (AvgIpc) is 3.20. The van der Waals surface area contributed by atoms with E-state index in [2.05, 4.69) is 4.99 Å². The maximum atomic E-state index is 13.1. The average molecular weight is 554 g/mol. The van der Waals surface area contributed by atoms with Crippen molar-refractivity contribution in [2.24, 2.45) is 4.99 Å². The van der Waals surface area contributed by atoms with Gasteiger partial charge in [0.15, 0.2) is 4.80 Å². The number of fused-ring (bicyclic) bond motifs is 1. The van der Waals surface area contributed by atoms with Crippen molar-refractivity contribution in [3.8, 4) is 12.1 Å². The number of esters is 1. The molecular formula is C26H27N5O5S2. The highest BCUT2D eigenvalue weighted by Crippen LogP contribution is 2.24. The molecule has 0 fully saturated rings. The van der Waals surface area contributed by atoms with Gasteiger partial charge in [-0.3, -0.25) is 9.59 Å². The molecular weight excluding hydrogens is 526 g/mol. The number of aryl methyl sites for hydroxylation is 2. The highest BCUT2D eigenvalue weighted by atomic mass is 32.2. The predicted octanol–water partition coefficient (Wildman–Crippen LogP) is 3.44. The molecule has 0 saturated carbocycles. The van der Waals surface area contributed by atoms with Crippen molar-refractivity contribution in [1.29, 1.82) is 10.5 Å².